The zero-order chi connectivity index (χ0) is 10.6. The largest absolute Gasteiger partial charge is 0.327 e. The molecule has 0 saturated carbocycles. The SMILES string of the molecule is CCCC(F)(CN)c1cncc(F)c1. The molecule has 0 fully saturated rings. The quantitative estimate of drug-likeness (QED) is 0.808. The molecule has 2 nitrogen and oxygen atoms in total. The molecule has 1 heterocycles. The highest BCUT2D eigenvalue weighted by Gasteiger charge is 2.29. The van der Waals surface area contributed by atoms with Crippen LogP contribution in [-0.4, -0.2) is 11.5 Å². The summed E-state index contributed by atoms with van der Waals surface area (Å²) in [5.74, 6) is -0.533. The van der Waals surface area contributed by atoms with Crippen LogP contribution in [0.2, 0.25) is 0 Å². The minimum atomic E-state index is -1.65. The van der Waals surface area contributed by atoms with Gasteiger partial charge in [-0.25, -0.2) is 8.78 Å². The van der Waals surface area contributed by atoms with Crippen molar-refractivity contribution < 1.29 is 8.78 Å². The smallest absolute Gasteiger partial charge is 0.149 e. The van der Waals surface area contributed by atoms with E-state index in [1.54, 1.807) is 0 Å². The zero-order valence-electron chi connectivity index (χ0n) is 8.13. The Labute approximate surface area is 82.1 Å². The molecule has 2 N–H and O–H groups in total. The van der Waals surface area contributed by atoms with Crippen molar-refractivity contribution in [3.05, 3.63) is 29.8 Å². The Kier molecular flexibility index (Phi) is 3.52. The standard InChI is InChI=1S/C10H14F2N2/c1-2-3-10(12,7-13)8-4-9(11)6-14-5-8/h4-6H,2-3,7,13H2,1H3. The first-order chi connectivity index (χ1) is 6.62. The molecule has 4 heteroatoms. The van der Waals surface area contributed by atoms with Crippen molar-refractivity contribution >= 4 is 0 Å². The van der Waals surface area contributed by atoms with Gasteiger partial charge < -0.3 is 5.73 Å². The van der Waals surface area contributed by atoms with Gasteiger partial charge in [-0.15, -0.1) is 0 Å². The predicted octanol–water partition coefficient (Wildman–Crippen LogP) is 2.14. The minimum absolute atomic E-state index is 0.147. The third-order valence-electron chi connectivity index (χ3n) is 2.19. The average Bonchev–Trinajstić information content (AvgIpc) is 2.18. The number of hydrogen-bond acceptors (Lipinski definition) is 2. The zero-order valence-corrected chi connectivity index (χ0v) is 8.13. The Morgan fingerprint density at radius 3 is 2.71 bits per heavy atom. The Bertz CT molecular complexity index is 304. The first-order valence-corrected chi connectivity index (χ1v) is 4.62. The van der Waals surface area contributed by atoms with Gasteiger partial charge in [-0.05, 0) is 12.5 Å². The van der Waals surface area contributed by atoms with Crippen molar-refractivity contribution in [1.29, 1.82) is 0 Å². The molecule has 78 valence electrons. The van der Waals surface area contributed by atoms with Gasteiger partial charge in [-0.2, -0.15) is 0 Å². The fraction of sp³-hybridized carbons (Fsp3) is 0.500. The molecule has 1 aromatic rings. The molecule has 1 aromatic heterocycles. The highest BCUT2D eigenvalue weighted by atomic mass is 19.1. The number of hydrogen-bond donors (Lipinski definition) is 1. The molecule has 0 aliphatic rings. The summed E-state index contributed by atoms with van der Waals surface area (Å²) in [6, 6.07) is 1.15. The van der Waals surface area contributed by atoms with E-state index in [0.717, 1.165) is 12.3 Å². The van der Waals surface area contributed by atoms with Gasteiger partial charge in [0.05, 0.1) is 6.20 Å². The molecule has 14 heavy (non-hydrogen) atoms. The van der Waals surface area contributed by atoms with Crippen LogP contribution in [0.5, 0.6) is 0 Å². The second-order valence-electron chi connectivity index (χ2n) is 3.31. The number of nitrogens with two attached hydrogens (primary N) is 1. The van der Waals surface area contributed by atoms with Crippen molar-refractivity contribution in [1.82, 2.24) is 4.98 Å². The van der Waals surface area contributed by atoms with Crippen LogP contribution in [0.3, 0.4) is 0 Å². The van der Waals surface area contributed by atoms with E-state index in [9.17, 15) is 8.78 Å². The number of pyridine rings is 1. The van der Waals surface area contributed by atoms with Crippen molar-refractivity contribution in [2.75, 3.05) is 6.54 Å². The maximum absolute atomic E-state index is 14.1. The Morgan fingerprint density at radius 2 is 2.21 bits per heavy atom. The molecule has 0 aliphatic carbocycles. The van der Waals surface area contributed by atoms with E-state index < -0.39 is 11.5 Å². The van der Waals surface area contributed by atoms with Crippen molar-refractivity contribution in [2.45, 2.75) is 25.4 Å². The number of alkyl halides is 1. The number of nitrogens with zero attached hydrogens (tertiary/aromatic N) is 1. The van der Waals surface area contributed by atoms with Crippen LogP contribution in [0.15, 0.2) is 18.5 Å². The van der Waals surface area contributed by atoms with E-state index in [-0.39, 0.29) is 18.5 Å². The number of halogens is 2. The summed E-state index contributed by atoms with van der Waals surface area (Å²) < 4.78 is 26.9. The molecule has 0 aliphatic heterocycles. The van der Waals surface area contributed by atoms with E-state index in [1.165, 1.54) is 6.20 Å². The first kappa shape index (κ1) is 11.0. The summed E-state index contributed by atoms with van der Waals surface area (Å²) in [5.41, 5.74) is 3.92. The second kappa shape index (κ2) is 4.46. The lowest BCUT2D eigenvalue weighted by Gasteiger charge is -2.22. The lowest BCUT2D eigenvalue weighted by Crippen LogP contribution is -2.30. The van der Waals surface area contributed by atoms with Gasteiger partial charge in [0.25, 0.3) is 0 Å². The fourth-order valence-corrected chi connectivity index (χ4v) is 1.42. The summed E-state index contributed by atoms with van der Waals surface area (Å²) in [6.07, 6.45) is 3.32. The van der Waals surface area contributed by atoms with E-state index in [0.29, 0.717) is 6.42 Å². The molecule has 1 atom stereocenters. The summed E-state index contributed by atoms with van der Waals surface area (Å²) in [6.45, 7) is 1.71. The summed E-state index contributed by atoms with van der Waals surface area (Å²) in [4.78, 5) is 3.61. The maximum atomic E-state index is 14.1. The monoisotopic (exact) mass is 200 g/mol. The van der Waals surface area contributed by atoms with Crippen LogP contribution in [0, 0.1) is 5.82 Å². The van der Waals surface area contributed by atoms with Gasteiger partial charge in [-0.1, -0.05) is 13.3 Å². The van der Waals surface area contributed by atoms with Crippen LogP contribution in [0.4, 0.5) is 8.78 Å². The highest BCUT2D eigenvalue weighted by Crippen LogP contribution is 2.29. The number of aromatic nitrogens is 1. The van der Waals surface area contributed by atoms with E-state index in [2.05, 4.69) is 4.98 Å². The lowest BCUT2D eigenvalue weighted by atomic mass is 9.92. The van der Waals surface area contributed by atoms with Crippen molar-refractivity contribution in [3.63, 3.8) is 0 Å². The van der Waals surface area contributed by atoms with Crippen LogP contribution >= 0.6 is 0 Å². The van der Waals surface area contributed by atoms with Crippen LogP contribution in [0.1, 0.15) is 25.3 Å². The molecule has 0 amide bonds. The third kappa shape index (κ3) is 2.26. The summed E-state index contributed by atoms with van der Waals surface area (Å²) in [5, 5.41) is 0. The molecule has 1 rings (SSSR count). The molecular formula is C10H14F2N2. The Balaban J connectivity index is 2.99. The van der Waals surface area contributed by atoms with Gasteiger partial charge in [0, 0.05) is 18.3 Å². The normalized spacial score (nSPS) is 15.1. The Hall–Kier alpha value is -1.03. The molecule has 0 spiro atoms. The average molecular weight is 200 g/mol. The maximum Gasteiger partial charge on any atom is 0.149 e. The van der Waals surface area contributed by atoms with Crippen LogP contribution < -0.4 is 5.73 Å². The molecule has 0 saturated heterocycles. The second-order valence-corrected chi connectivity index (χ2v) is 3.31. The third-order valence-corrected chi connectivity index (χ3v) is 2.19. The molecule has 0 aromatic carbocycles. The van der Waals surface area contributed by atoms with Crippen LogP contribution in [-0.2, 0) is 5.67 Å². The van der Waals surface area contributed by atoms with Crippen molar-refractivity contribution in [3.8, 4) is 0 Å². The van der Waals surface area contributed by atoms with Crippen LogP contribution in [0.25, 0.3) is 0 Å². The predicted molar refractivity (Wildman–Crippen MR) is 50.9 cm³/mol. The van der Waals surface area contributed by atoms with Gasteiger partial charge in [-0.3, -0.25) is 4.98 Å². The highest BCUT2D eigenvalue weighted by molar-refractivity contribution is 5.19. The van der Waals surface area contributed by atoms with Gasteiger partial charge in [0.2, 0.25) is 0 Å². The topological polar surface area (TPSA) is 38.9 Å². The lowest BCUT2D eigenvalue weighted by molar-refractivity contribution is 0.158. The first-order valence-electron chi connectivity index (χ1n) is 4.62. The molecular weight excluding hydrogens is 186 g/mol. The van der Waals surface area contributed by atoms with E-state index in [4.69, 9.17) is 5.73 Å². The molecule has 0 radical (unpaired) electrons. The minimum Gasteiger partial charge on any atom is -0.327 e. The van der Waals surface area contributed by atoms with Crippen molar-refractivity contribution in [2.24, 2.45) is 5.73 Å². The van der Waals surface area contributed by atoms with Gasteiger partial charge in [0.1, 0.15) is 11.5 Å². The van der Waals surface area contributed by atoms with Gasteiger partial charge in [0.15, 0.2) is 0 Å². The fourth-order valence-electron chi connectivity index (χ4n) is 1.42. The van der Waals surface area contributed by atoms with E-state index >= 15 is 0 Å². The van der Waals surface area contributed by atoms with Gasteiger partial charge >= 0.3 is 0 Å². The molecule has 0 bridgehead atoms. The summed E-state index contributed by atoms with van der Waals surface area (Å²) >= 11 is 0. The Morgan fingerprint density at radius 1 is 1.50 bits per heavy atom. The molecule has 1 unspecified atom stereocenters. The number of rotatable bonds is 4. The van der Waals surface area contributed by atoms with E-state index in [1.807, 2.05) is 6.92 Å². The summed E-state index contributed by atoms with van der Waals surface area (Å²) in [7, 11) is 0.